The fourth-order valence-corrected chi connectivity index (χ4v) is 3.03. The van der Waals surface area contributed by atoms with Crippen LogP contribution in [-0.2, 0) is 6.42 Å². The molecule has 0 amide bonds. The van der Waals surface area contributed by atoms with Crippen molar-refractivity contribution in [2.24, 2.45) is 0 Å². The minimum Gasteiger partial charge on any atom is -0.390 e. The average Bonchev–Trinajstić information content (AvgIpc) is 2.87. The van der Waals surface area contributed by atoms with E-state index in [2.05, 4.69) is 34.3 Å². The Bertz CT molecular complexity index is 394. The number of aromatic nitrogens is 2. The topological polar surface area (TPSA) is 50.1 Å². The van der Waals surface area contributed by atoms with Crippen molar-refractivity contribution in [2.75, 3.05) is 13.1 Å². The molecule has 1 aliphatic rings. The van der Waals surface area contributed by atoms with Gasteiger partial charge in [-0.3, -0.25) is 4.68 Å². The summed E-state index contributed by atoms with van der Waals surface area (Å²) in [5, 5.41) is 18.4. The van der Waals surface area contributed by atoms with Crippen LogP contribution in [0.2, 0.25) is 0 Å². The molecule has 1 saturated carbocycles. The third-order valence-electron chi connectivity index (χ3n) is 4.26. The van der Waals surface area contributed by atoms with Gasteiger partial charge in [0.2, 0.25) is 0 Å². The van der Waals surface area contributed by atoms with Crippen LogP contribution in [0.1, 0.15) is 64.1 Å². The minimum absolute atomic E-state index is 0.573. The number of nitrogens with one attached hydrogen (secondary N) is 1. The third kappa shape index (κ3) is 4.60. The standard InChI is InChI=1S/C16H29N3O/c1-3-17-11-10-16(2,20)13-14-9-12-19(18-14)15-7-5-4-6-8-15/h9,12,15,17,20H,3-8,10-11,13H2,1-2H3. The molecule has 0 bridgehead atoms. The first-order valence-corrected chi connectivity index (χ1v) is 8.08. The molecule has 114 valence electrons. The molecule has 4 nitrogen and oxygen atoms in total. The van der Waals surface area contributed by atoms with E-state index < -0.39 is 5.60 Å². The summed E-state index contributed by atoms with van der Waals surface area (Å²) in [5.74, 6) is 0. The molecule has 4 heteroatoms. The molecule has 1 unspecified atom stereocenters. The van der Waals surface area contributed by atoms with Crippen molar-refractivity contribution in [3.05, 3.63) is 18.0 Å². The molecule has 0 radical (unpaired) electrons. The van der Waals surface area contributed by atoms with Crippen LogP contribution >= 0.6 is 0 Å². The monoisotopic (exact) mass is 279 g/mol. The van der Waals surface area contributed by atoms with Crippen molar-refractivity contribution in [3.63, 3.8) is 0 Å². The summed E-state index contributed by atoms with van der Waals surface area (Å²) in [6.07, 6.45) is 9.99. The highest BCUT2D eigenvalue weighted by Gasteiger charge is 2.23. The van der Waals surface area contributed by atoms with E-state index in [0.717, 1.165) is 25.2 Å². The predicted octanol–water partition coefficient (Wildman–Crippen LogP) is 2.68. The highest BCUT2D eigenvalue weighted by Crippen LogP contribution is 2.27. The van der Waals surface area contributed by atoms with Gasteiger partial charge < -0.3 is 10.4 Å². The lowest BCUT2D eigenvalue weighted by molar-refractivity contribution is 0.0505. The Kier molecular flexibility index (Phi) is 5.61. The second-order valence-electron chi connectivity index (χ2n) is 6.36. The zero-order valence-electron chi connectivity index (χ0n) is 12.9. The predicted molar refractivity (Wildman–Crippen MR) is 81.8 cm³/mol. The fraction of sp³-hybridized carbons (Fsp3) is 0.812. The lowest BCUT2D eigenvalue weighted by Gasteiger charge is -2.23. The first-order chi connectivity index (χ1) is 9.61. The molecule has 0 aliphatic heterocycles. The van der Waals surface area contributed by atoms with Crippen LogP contribution in [0.5, 0.6) is 0 Å². The van der Waals surface area contributed by atoms with E-state index in [9.17, 15) is 5.11 Å². The van der Waals surface area contributed by atoms with E-state index in [4.69, 9.17) is 0 Å². The zero-order valence-corrected chi connectivity index (χ0v) is 12.9. The number of aliphatic hydroxyl groups is 1. The average molecular weight is 279 g/mol. The number of hydrogen-bond acceptors (Lipinski definition) is 3. The molecule has 0 spiro atoms. The van der Waals surface area contributed by atoms with Crippen LogP contribution < -0.4 is 5.32 Å². The van der Waals surface area contributed by atoms with E-state index in [1.807, 2.05) is 6.92 Å². The van der Waals surface area contributed by atoms with Crippen molar-refractivity contribution in [1.82, 2.24) is 15.1 Å². The summed E-state index contributed by atoms with van der Waals surface area (Å²) in [6.45, 7) is 5.80. The van der Waals surface area contributed by atoms with Gasteiger partial charge in [-0.05, 0) is 45.3 Å². The van der Waals surface area contributed by atoms with Gasteiger partial charge in [0, 0.05) is 12.6 Å². The molecule has 0 aromatic carbocycles. The van der Waals surface area contributed by atoms with E-state index in [0.29, 0.717) is 12.5 Å². The van der Waals surface area contributed by atoms with Gasteiger partial charge in [0.1, 0.15) is 0 Å². The van der Waals surface area contributed by atoms with Gasteiger partial charge in [-0.15, -0.1) is 0 Å². The smallest absolute Gasteiger partial charge is 0.0687 e. The van der Waals surface area contributed by atoms with E-state index in [1.54, 1.807) is 0 Å². The van der Waals surface area contributed by atoms with Gasteiger partial charge in [-0.2, -0.15) is 5.10 Å². The lowest BCUT2D eigenvalue weighted by Crippen LogP contribution is -2.32. The fourth-order valence-electron chi connectivity index (χ4n) is 3.03. The van der Waals surface area contributed by atoms with Crippen LogP contribution in [0.3, 0.4) is 0 Å². The maximum atomic E-state index is 10.4. The molecule has 1 heterocycles. The van der Waals surface area contributed by atoms with E-state index in [-0.39, 0.29) is 0 Å². The molecule has 20 heavy (non-hydrogen) atoms. The summed E-state index contributed by atoms with van der Waals surface area (Å²) in [7, 11) is 0. The maximum absolute atomic E-state index is 10.4. The summed E-state index contributed by atoms with van der Waals surface area (Å²) < 4.78 is 2.12. The Labute approximate surface area is 122 Å². The molecule has 1 aromatic heterocycles. The first-order valence-electron chi connectivity index (χ1n) is 8.08. The molecular formula is C16H29N3O. The van der Waals surface area contributed by atoms with Gasteiger partial charge in [0.15, 0.2) is 0 Å². The van der Waals surface area contributed by atoms with Crippen molar-refractivity contribution in [3.8, 4) is 0 Å². The summed E-state index contributed by atoms with van der Waals surface area (Å²) in [5.41, 5.74) is 0.338. The quantitative estimate of drug-likeness (QED) is 0.755. The van der Waals surface area contributed by atoms with Gasteiger partial charge in [0.25, 0.3) is 0 Å². The van der Waals surface area contributed by atoms with Gasteiger partial charge in [0.05, 0.1) is 17.3 Å². The van der Waals surface area contributed by atoms with Crippen LogP contribution in [0.25, 0.3) is 0 Å². The van der Waals surface area contributed by atoms with Crippen molar-refractivity contribution in [2.45, 2.75) is 70.4 Å². The van der Waals surface area contributed by atoms with Crippen molar-refractivity contribution < 1.29 is 5.11 Å². The molecule has 2 N–H and O–H groups in total. The molecule has 0 saturated heterocycles. The van der Waals surface area contributed by atoms with Gasteiger partial charge in [-0.1, -0.05) is 26.2 Å². The maximum Gasteiger partial charge on any atom is 0.0687 e. The largest absolute Gasteiger partial charge is 0.390 e. The van der Waals surface area contributed by atoms with Crippen molar-refractivity contribution in [1.29, 1.82) is 0 Å². The summed E-state index contributed by atoms with van der Waals surface area (Å²) in [6, 6.07) is 2.64. The Morgan fingerprint density at radius 3 is 2.85 bits per heavy atom. The Hall–Kier alpha value is -0.870. The third-order valence-corrected chi connectivity index (χ3v) is 4.26. The molecule has 1 atom stereocenters. The Morgan fingerprint density at radius 1 is 1.40 bits per heavy atom. The SMILES string of the molecule is CCNCCC(C)(O)Cc1ccn(C2CCCCC2)n1. The van der Waals surface area contributed by atoms with Crippen LogP contribution in [-0.4, -0.2) is 33.6 Å². The summed E-state index contributed by atoms with van der Waals surface area (Å²) in [4.78, 5) is 0. The first kappa shape index (κ1) is 15.5. The number of nitrogens with zero attached hydrogens (tertiary/aromatic N) is 2. The Morgan fingerprint density at radius 2 is 2.15 bits per heavy atom. The molecule has 1 fully saturated rings. The van der Waals surface area contributed by atoms with Crippen molar-refractivity contribution >= 4 is 0 Å². The number of rotatable bonds is 7. The lowest BCUT2D eigenvalue weighted by atomic mass is 9.96. The van der Waals surface area contributed by atoms with Crippen LogP contribution in [0.15, 0.2) is 12.3 Å². The van der Waals surface area contributed by atoms with Gasteiger partial charge in [-0.25, -0.2) is 0 Å². The van der Waals surface area contributed by atoms with E-state index in [1.165, 1.54) is 32.1 Å². The molecular weight excluding hydrogens is 250 g/mol. The van der Waals surface area contributed by atoms with E-state index >= 15 is 0 Å². The second kappa shape index (κ2) is 7.23. The molecule has 1 aromatic rings. The number of hydrogen-bond donors (Lipinski definition) is 2. The summed E-state index contributed by atoms with van der Waals surface area (Å²) >= 11 is 0. The second-order valence-corrected chi connectivity index (χ2v) is 6.36. The van der Waals surface area contributed by atoms with Crippen LogP contribution in [0, 0.1) is 0 Å². The van der Waals surface area contributed by atoms with Crippen LogP contribution in [0.4, 0.5) is 0 Å². The highest BCUT2D eigenvalue weighted by molar-refractivity contribution is 5.04. The van der Waals surface area contributed by atoms with Gasteiger partial charge >= 0.3 is 0 Å². The molecule has 2 rings (SSSR count). The Balaban J connectivity index is 1.88. The minimum atomic E-state index is -0.673. The highest BCUT2D eigenvalue weighted by atomic mass is 16.3. The zero-order chi connectivity index (χ0) is 14.4. The normalized spacial score (nSPS) is 19.9. The molecule has 1 aliphatic carbocycles.